The molecule has 0 saturated heterocycles. The fourth-order valence-corrected chi connectivity index (χ4v) is 3.83. The monoisotopic (exact) mass is 432 g/mol. The van der Waals surface area contributed by atoms with Crippen LogP contribution in [-0.2, 0) is 0 Å². The number of ether oxygens (including phenoxy) is 1. The van der Waals surface area contributed by atoms with Gasteiger partial charge in [0.15, 0.2) is 0 Å². The Morgan fingerprint density at radius 3 is 2.26 bits per heavy atom. The molecule has 0 saturated carbocycles. The first-order chi connectivity index (χ1) is 15.2. The summed E-state index contributed by atoms with van der Waals surface area (Å²) in [6.45, 7) is 0.175. The number of nitrogens with zero attached hydrogens (tertiary/aromatic N) is 3. The van der Waals surface area contributed by atoms with Gasteiger partial charge in [-0.05, 0) is 29.8 Å². The van der Waals surface area contributed by atoms with Crippen molar-refractivity contribution >= 4 is 17.6 Å². The quantitative estimate of drug-likeness (QED) is 0.470. The Balaban J connectivity index is 2.15. The molecule has 0 atom stereocenters. The van der Waals surface area contributed by atoms with Crippen LogP contribution in [0.5, 0.6) is 5.75 Å². The first kappa shape index (κ1) is 22.1. The lowest BCUT2D eigenvalue weighted by Gasteiger charge is -2.16. The highest BCUT2D eigenvalue weighted by atomic mass is 32.2. The number of hydrogen-bond donors (Lipinski definition) is 3. The lowest BCUT2D eigenvalue weighted by atomic mass is 9.96. The number of aromatic nitrogens is 1. The molecule has 0 amide bonds. The molecule has 156 valence electrons. The second kappa shape index (κ2) is 11.0. The van der Waals surface area contributed by atoms with E-state index in [1.807, 2.05) is 30.3 Å². The van der Waals surface area contributed by atoms with Crippen LogP contribution < -0.4 is 10.1 Å². The normalized spacial score (nSPS) is 10.2. The second-order valence-electron chi connectivity index (χ2n) is 6.28. The molecule has 0 aliphatic rings. The van der Waals surface area contributed by atoms with Crippen molar-refractivity contribution in [2.75, 3.05) is 31.7 Å². The van der Waals surface area contributed by atoms with Crippen LogP contribution in [0.15, 0.2) is 64.5 Å². The van der Waals surface area contributed by atoms with Crippen LogP contribution in [0.1, 0.15) is 11.1 Å². The van der Waals surface area contributed by atoms with Crippen molar-refractivity contribution in [3.8, 4) is 29.0 Å². The van der Waals surface area contributed by atoms with Gasteiger partial charge in [0.05, 0.1) is 18.8 Å². The summed E-state index contributed by atoms with van der Waals surface area (Å²) in [6.07, 6.45) is 0. The molecule has 7 nitrogen and oxygen atoms in total. The summed E-state index contributed by atoms with van der Waals surface area (Å²) in [4.78, 5) is 5.44. The molecule has 8 heteroatoms. The second-order valence-corrected chi connectivity index (χ2v) is 7.34. The van der Waals surface area contributed by atoms with E-state index >= 15 is 0 Å². The van der Waals surface area contributed by atoms with Crippen molar-refractivity contribution < 1.29 is 14.9 Å². The van der Waals surface area contributed by atoms with E-state index in [2.05, 4.69) is 22.4 Å². The van der Waals surface area contributed by atoms with Gasteiger partial charge in [-0.25, -0.2) is 4.98 Å². The lowest BCUT2D eigenvalue weighted by molar-refractivity contribution is 0.201. The van der Waals surface area contributed by atoms with Gasteiger partial charge in [0, 0.05) is 17.0 Å². The molecule has 3 N–H and O–H groups in total. The van der Waals surface area contributed by atoms with E-state index in [0.29, 0.717) is 33.3 Å². The number of anilines is 1. The minimum atomic E-state index is -0.125. The number of rotatable bonds is 9. The van der Waals surface area contributed by atoms with Crippen LogP contribution in [0.2, 0.25) is 0 Å². The molecule has 3 rings (SSSR count). The van der Waals surface area contributed by atoms with E-state index in [4.69, 9.17) is 9.84 Å². The molecule has 0 radical (unpaired) electrons. The van der Waals surface area contributed by atoms with Crippen molar-refractivity contribution in [1.29, 1.82) is 10.5 Å². The van der Waals surface area contributed by atoms with Crippen molar-refractivity contribution in [2.24, 2.45) is 0 Å². The molecule has 1 heterocycles. The summed E-state index contributed by atoms with van der Waals surface area (Å²) in [5.41, 5.74) is 1.65. The Bertz CT molecular complexity index is 1110. The maximum absolute atomic E-state index is 9.97. The largest absolute Gasteiger partial charge is 0.491 e. The van der Waals surface area contributed by atoms with Gasteiger partial charge in [0.25, 0.3) is 0 Å². The van der Waals surface area contributed by atoms with Crippen LogP contribution in [0.4, 0.5) is 5.82 Å². The van der Waals surface area contributed by atoms with Gasteiger partial charge in [-0.1, -0.05) is 42.1 Å². The maximum atomic E-state index is 9.97. The van der Waals surface area contributed by atoms with Crippen LogP contribution in [0, 0.1) is 22.7 Å². The smallest absolute Gasteiger partial charge is 0.146 e. The Labute approximate surface area is 184 Å². The highest BCUT2D eigenvalue weighted by molar-refractivity contribution is 7.99. The van der Waals surface area contributed by atoms with E-state index in [-0.39, 0.29) is 31.9 Å². The highest BCUT2D eigenvalue weighted by Gasteiger charge is 2.22. The predicted molar refractivity (Wildman–Crippen MR) is 118 cm³/mol. The lowest BCUT2D eigenvalue weighted by Crippen LogP contribution is -2.11. The predicted octanol–water partition coefficient (Wildman–Crippen LogP) is 3.42. The topological polar surface area (TPSA) is 122 Å². The van der Waals surface area contributed by atoms with E-state index in [9.17, 15) is 15.6 Å². The SMILES string of the molecule is N#Cc1c(NCCO)nc(Sc2ccccc2)c(C#N)c1-c1ccc(OCCO)cc1. The van der Waals surface area contributed by atoms with Crippen molar-refractivity contribution in [1.82, 2.24) is 4.98 Å². The third-order valence-electron chi connectivity index (χ3n) is 4.25. The number of aliphatic hydroxyl groups is 2. The van der Waals surface area contributed by atoms with Gasteiger partial charge in [-0.3, -0.25) is 0 Å². The Hall–Kier alpha value is -3.56. The molecular formula is C23H20N4O3S. The van der Waals surface area contributed by atoms with Crippen LogP contribution in [0.3, 0.4) is 0 Å². The molecule has 31 heavy (non-hydrogen) atoms. The zero-order valence-electron chi connectivity index (χ0n) is 16.6. The molecule has 2 aromatic carbocycles. The Morgan fingerprint density at radius 1 is 0.935 bits per heavy atom. The summed E-state index contributed by atoms with van der Waals surface area (Å²) < 4.78 is 5.40. The fourth-order valence-electron chi connectivity index (χ4n) is 2.92. The average Bonchev–Trinajstić information content (AvgIpc) is 2.81. The van der Waals surface area contributed by atoms with E-state index < -0.39 is 0 Å². The number of nitrogens with one attached hydrogen (secondary N) is 1. The molecule has 0 aliphatic heterocycles. The van der Waals surface area contributed by atoms with Gasteiger partial charge in [-0.15, -0.1) is 0 Å². The third-order valence-corrected chi connectivity index (χ3v) is 5.25. The van der Waals surface area contributed by atoms with Crippen LogP contribution >= 0.6 is 11.8 Å². The standard InChI is InChI=1S/C23H20N4O3S/c24-14-19-21(16-6-8-17(9-7-16)30-13-12-29)20(15-25)23(27-22(19)26-10-11-28)31-18-4-2-1-3-5-18/h1-9,28-29H,10-13H2,(H,26,27). The van der Waals surface area contributed by atoms with E-state index in [1.165, 1.54) is 11.8 Å². The number of benzene rings is 2. The summed E-state index contributed by atoms with van der Waals surface area (Å²) >= 11 is 1.33. The molecule has 1 aromatic heterocycles. The molecule has 0 spiro atoms. The van der Waals surface area contributed by atoms with Crippen molar-refractivity contribution in [3.05, 3.63) is 65.7 Å². The Kier molecular flexibility index (Phi) is 7.85. The fraction of sp³-hybridized carbons (Fsp3) is 0.174. The summed E-state index contributed by atoms with van der Waals surface area (Å²) in [6, 6.07) is 20.9. The zero-order chi connectivity index (χ0) is 22.1. The Morgan fingerprint density at radius 2 is 1.65 bits per heavy atom. The molecule has 0 aliphatic carbocycles. The minimum absolute atomic E-state index is 0.0940. The van der Waals surface area contributed by atoms with Gasteiger partial charge >= 0.3 is 0 Å². The number of nitriles is 2. The summed E-state index contributed by atoms with van der Waals surface area (Å²) in [7, 11) is 0. The van der Waals surface area contributed by atoms with Gasteiger partial charge in [-0.2, -0.15) is 10.5 Å². The molecule has 0 fully saturated rings. The van der Waals surface area contributed by atoms with E-state index in [0.717, 1.165) is 4.90 Å². The zero-order valence-corrected chi connectivity index (χ0v) is 17.4. The minimum Gasteiger partial charge on any atom is -0.491 e. The molecule has 0 unspecified atom stereocenters. The number of pyridine rings is 1. The van der Waals surface area contributed by atoms with Crippen LogP contribution in [-0.4, -0.2) is 41.6 Å². The molecular weight excluding hydrogens is 412 g/mol. The van der Waals surface area contributed by atoms with Crippen molar-refractivity contribution in [3.63, 3.8) is 0 Å². The summed E-state index contributed by atoms with van der Waals surface area (Å²) in [5, 5.41) is 41.4. The van der Waals surface area contributed by atoms with Gasteiger partial charge in [0.2, 0.25) is 0 Å². The van der Waals surface area contributed by atoms with E-state index in [1.54, 1.807) is 24.3 Å². The van der Waals surface area contributed by atoms with Crippen molar-refractivity contribution in [2.45, 2.75) is 9.92 Å². The molecule has 0 bridgehead atoms. The maximum Gasteiger partial charge on any atom is 0.146 e. The summed E-state index contributed by atoms with van der Waals surface area (Å²) in [5.74, 6) is 0.881. The van der Waals surface area contributed by atoms with Gasteiger partial charge < -0.3 is 20.3 Å². The average molecular weight is 433 g/mol. The van der Waals surface area contributed by atoms with Crippen LogP contribution in [0.25, 0.3) is 11.1 Å². The molecule has 3 aromatic rings. The number of hydrogen-bond acceptors (Lipinski definition) is 8. The first-order valence-corrected chi connectivity index (χ1v) is 10.3. The third kappa shape index (κ3) is 5.33. The first-order valence-electron chi connectivity index (χ1n) is 9.51. The number of aliphatic hydroxyl groups excluding tert-OH is 2. The highest BCUT2D eigenvalue weighted by Crippen LogP contribution is 2.39. The van der Waals surface area contributed by atoms with Gasteiger partial charge in [0.1, 0.15) is 40.9 Å².